The Balaban J connectivity index is 2.03. The predicted octanol–water partition coefficient (Wildman–Crippen LogP) is 2.02. The molecule has 1 aliphatic heterocycles. The highest BCUT2D eigenvalue weighted by atomic mass is 16.5. The van der Waals surface area contributed by atoms with Crippen LogP contribution < -0.4 is 10.6 Å². The van der Waals surface area contributed by atoms with E-state index >= 15 is 0 Å². The van der Waals surface area contributed by atoms with E-state index in [4.69, 9.17) is 9.15 Å². The zero-order valence-electron chi connectivity index (χ0n) is 18.3. The SMILES string of the molecule is CCNC(=NCC(C)(O)c1cc(C)oc1C)NCC(C(C)C)N1CCOCC1. The van der Waals surface area contributed by atoms with E-state index < -0.39 is 5.60 Å². The fourth-order valence-corrected chi connectivity index (χ4v) is 3.72. The van der Waals surface area contributed by atoms with Gasteiger partial charge in [-0.05, 0) is 39.7 Å². The zero-order valence-corrected chi connectivity index (χ0v) is 18.3. The molecule has 1 aliphatic rings. The zero-order chi connectivity index (χ0) is 20.7. The lowest BCUT2D eigenvalue weighted by Crippen LogP contribution is -2.52. The maximum absolute atomic E-state index is 10.9. The van der Waals surface area contributed by atoms with Gasteiger partial charge in [-0.2, -0.15) is 0 Å². The molecular weight excluding hydrogens is 356 g/mol. The maximum Gasteiger partial charge on any atom is 0.191 e. The Hall–Kier alpha value is -1.57. The van der Waals surface area contributed by atoms with Crippen molar-refractivity contribution in [3.8, 4) is 0 Å². The number of guanidine groups is 1. The van der Waals surface area contributed by atoms with Gasteiger partial charge in [-0.3, -0.25) is 4.90 Å². The Morgan fingerprint density at radius 3 is 2.50 bits per heavy atom. The van der Waals surface area contributed by atoms with Crippen LogP contribution in [0.2, 0.25) is 0 Å². The van der Waals surface area contributed by atoms with Gasteiger partial charge in [-0.15, -0.1) is 0 Å². The average molecular weight is 395 g/mol. The van der Waals surface area contributed by atoms with Crippen molar-refractivity contribution in [3.05, 3.63) is 23.2 Å². The quantitative estimate of drug-likeness (QED) is 0.462. The van der Waals surface area contributed by atoms with Crippen LogP contribution in [-0.4, -0.2) is 67.9 Å². The summed E-state index contributed by atoms with van der Waals surface area (Å²) >= 11 is 0. The fourth-order valence-electron chi connectivity index (χ4n) is 3.72. The van der Waals surface area contributed by atoms with Crippen molar-refractivity contribution in [1.29, 1.82) is 0 Å². The summed E-state index contributed by atoms with van der Waals surface area (Å²) in [5.41, 5.74) is -0.288. The number of hydrogen-bond acceptors (Lipinski definition) is 5. The lowest BCUT2D eigenvalue weighted by atomic mass is 9.96. The van der Waals surface area contributed by atoms with Gasteiger partial charge in [-0.1, -0.05) is 13.8 Å². The van der Waals surface area contributed by atoms with Gasteiger partial charge in [0.2, 0.25) is 0 Å². The average Bonchev–Trinajstić information content (AvgIpc) is 2.99. The molecule has 160 valence electrons. The summed E-state index contributed by atoms with van der Waals surface area (Å²) in [5, 5.41) is 17.7. The van der Waals surface area contributed by atoms with Crippen LogP contribution in [-0.2, 0) is 10.3 Å². The van der Waals surface area contributed by atoms with Crippen molar-refractivity contribution in [2.24, 2.45) is 10.9 Å². The van der Waals surface area contributed by atoms with Gasteiger partial charge < -0.3 is 24.9 Å². The number of nitrogens with one attached hydrogen (secondary N) is 2. The van der Waals surface area contributed by atoms with Crippen molar-refractivity contribution in [1.82, 2.24) is 15.5 Å². The minimum absolute atomic E-state index is 0.256. The second-order valence-corrected chi connectivity index (χ2v) is 8.14. The van der Waals surface area contributed by atoms with Gasteiger partial charge >= 0.3 is 0 Å². The van der Waals surface area contributed by atoms with Gasteiger partial charge in [0.25, 0.3) is 0 Å². The van der Waals surface area contributed by atoms with Crippen LogP contribution in [0.15, 0.2) is 15.5 Å². The van der Waals surface area contributed by atoms with Crippen LogP contribution in [0.4, 0.5) is 0 Å². The number of nitrogens with zero attached hydrogens (tertiary/aromatic N) is 2. The van der Waals surface area contributed by atoms with Crippen molar-refractivity contribution < 1.29 is 14.3 Å². The molecule has 0 aliphatic carbocycles. The molecule has 0 spiro atoms. The molecule has 7 nitrogen and oxygen atoms in total. The number of aryl methyl sites for hydroxylation is 2. The molecule has 3 N–H and O–H groups in total. The van der Waals surface area contributed by atoms with Gasteiger partial charge in [0.15, 0.2) is 5.96 Å². The second-order valence-electron chi connectivity index (χ2n) is 8.14. The molecule has 1 saturated heterocycles. The Kier molecular flexibility index (Phi) is 8.34. The minimum Gasteiger partial charge on any atom is -0.466 e. The number of ether oxygens (including phenoxy) is 1. The predicted molar refractivity (Wildman–Crippen MR) is 113 cm³/mol. The van der Waals surface area contributed by atoms with E-state index in [0.717, 1.165) is 62.4 Å². The summed E-state index contributed by atoms with van der Waals surface area (Å²) in [6.45, 7) is 17.4. The van der Waals surface area contributed by atoms with E-state index in [9.17, 15) is 5.11 Å². The van der Waals surface area contributed by atoms with Crippen LogP contribution >= 0.6 is 0 Å². The summed E-state index contributed by atoms with van der Waals surface area (Å²) in [5.74, 6) is 2.78. The Morgan fingerprint density at radius 2 is 1.96 bits per heavy atom. The summed E-state index contributed by atoms with van der Waals surface area (Å²) < 4.78 is 11.1. The van der Waals surface area contributed by atoms with E-state index in [1.807, 2.05) is 26.8 Å². The van der Waals surface area contributed by atoms with Crippen LogP contribution in [0.3, 0.4) is 0 Å². The molecule has 28 heavy (non-hydrogen) atoms. The third-order valence-electron chi connectivity index (χ3n) is 5.27. The molecule has 1 aromatic heterocycles. The first-order chi connectivity index (χ1) is 13.2. The highest BCUT2D eigenvalue weighted by Gasteiger charge is 2.28. The summed E-state index contributed by atoms with van der Waals surface area (Å²) in [6.07, 6.45) is 0. The smallest absolute Gasteiger partial charge is 0.191 e. The Bertz CT molecular complexity index is 634. The maximum atomic E-state index is 10.9. The van der Waals surface area contributed by atoms with Crippen LogP contribution in [0, 0.1) is 19.8 Å². The number of aliphatic hydroxyl groups is 1. The molecule has 1 aromatic rings. The number of hydrogen-bond donors (Lipinski definition) is 3. The fraction of sp³-hybridized carbons (Fsp3) is 0.762. The largest absolute Gasteiger partial charge is 0.466 e. The van der Waals surface area contributed by atoms with Gasteiger partial charge in [0, 0.05) is 37.8 Å². The highest BCUT2D eigenvalue weighted by Crippen LogP contribution is 2.27. The molecular formula is C21H38N4O3. The molecule has 0 saturated carbocycles. The highest BCUT2D eigenvalue weighted by molar-refractivity contribution is 5.79. The molecule has 7 heteroatoms. The van der Waals surface area contributed by atoms with Crippen molar-refractivity contribution in [2.75, 3.05) is 45.9 Å². The van der Waals surface area contributed by atoms with Gasteiger partial charge in [0.05, 0.1) is 19.8 Å². The molecule has 2 atom stereocenters. The lowest BCUT2D eigenvalue weighted by Gasteiger charge is -2.37. The van der Waals surface area contributed by atoms with Crippen LogP contribution in [0.5, 0.6) is 0 Å². The lowest BCUT2D eigenvalue weighted by molar-refractivity contribution is 0.00750. The van der Waals surface area contributed by atoms with Crippen molar-refractivity contribution >= 4 is 5.96 Å². The minimum atomic E-state index is -1.08. The topological polar surface area (TPSA) is 82.3 Å². The standard InChI is InChI=1S/C21H38N4O3/c1-7-22-20(23-13-19(15(2)3)25-8-10-27-11-9-25)24-14-21(6,26)18-12-16(4)28-17(18)5/h12,15,19,26H,7-11,13-14H2,1-6H3,(H2,22,23,24). The molecule has 0 radical (unpaired) electrons. The molecule has 0 bridgehead atoms. The van der Waals surface area contributed by atoms with Gasteiger partial charge in [0.1, 0.15) is 17.1 Å². The molecule has 2 heterocycles. The first-order valence-corrected chi connectivity index (χ1v) is 10.4. The number of aliphatic imine (C=N–C) groups is 1. The first-order valence-electron chi connectivity index (χ1n) is 10.4. The second kappa shape index (κ2) is 10.3. The summed E-state index contributed by atoms with van der Waals surface area (Å²) in [7, 11) is 0. The van der Waals surface area contributed by atoms with Crippen molar-refractivity contribution in [3.63, 3.8) is 0 Å². The first kappa shape index (κ1) is 22.7. The van der Waals surface area contributed by atoms with Crippen molar-refractivity contribution in [2.45, 2.75) is 53.2 Å². The Morgan fingerprint density at radius 1 is 1.29 bits per heavy atom. The van der Waals surface area contributed by atoms with Crippen LogP contribution in [0.25, 0.3) is 0 Å². The van der Waals surface area contributed by atoms with E-state index in [1.165, 1.54) is 0 Å². The molecule has 1 fully saturated rings. The number of furan rings is 1. The normalized spacial score (nSPS) is 19.5. The third kappa shape index (κ3) is 6.22. The van der Waals surface area contributed by atoms with E-state index in [1.54, 1.807) is 6.92 Å². The third-order valence-corrected chi connectivity index (χ3v) is 5.27. The molecule has 0 amide bonds. The Labute approximate surface area is 169 Å². The monoisotopic (exact) mass is 394 g/mol. The molecule has 0 aromatic carbocycles. The number of rotatable bonds is 8. The van der Waals surface area contributed by atoms with Gasteiger partial charge in [-0.25, -0.2) is 4.99 Å². The summed E-state index contributed by atoms with van der Waals surface area (Å²) in [6, 6.07) is 2.30. The summed E-state index contributed by atoms with van der Waals surface area (Å²) in [4.78, 5) is 7.13. The molecule has 2 rings (SSSR count). The van der Waals surface area contributed by atoms with E-state index in [2.05, 4.69) is 34.4 Å². The van der Waals surface area contributed by atoms with Crippen LogP contribution in [0.1, 0.15) is 44.8 Å². The van der Waals surface area contributed by atoms with E-state index in [0.29, 0.717) is 12.0 Å². The number of morpholine rings is 1. The molecule has 2 unspecified atom stereocenters. The van der Waals surface area contributed by atoms with E-state index in [-0.39, 0.29) is 6.54 Å².